The van der Waals surface area contributed by atoms with Gasteiger partial charge < -0.3 is 5.73 Å². The monoisotopic (exact) mass is 225 g/mol. The Bertz CT molecular complexity index is 394. The molecule has 2 aromatic heterocycles. The molecule has 74 valence electrons. The number of nitrogens with zero attached hydrogens (tertiary/aromatic N) is 2. The molecule has 0 amide bonds. The summed E-state index contributed by atoms with van der Waals surface area (Å²) in [6.07, 6.45) is 2.58. The van der Waals surface area contributed by atoms with E-state index in [4.69, 9.17) is 5.73 Å². The Balaban J connectivity index is 2.06. The first-order valence-electron chi connectivity index (χ1n) is 4.31. The lowest BCUT2D eigenvalue weighted by atomic mass is 10.2. The van der Waals surface area contributed by atoms with E-state index < -0.39 is 0 Å². The number of hydrogen-bond acceptors (Lipinski definition) is 5. The maximum atomic E-state index is 6.01. The molecule has 2 rings (SSSR count). The van der Waals surface area contributed by atoms with Gasteiger partial charge in [-0.2, -0.15) is 0 Å². The zero-order valence-electron chi connectivity index (χ0n) is 7.80. The van der Waals surface area contributed by atoms with Gasteiger partial charge in [-0.15, -0.1) is 22.7 Å². The summed E-state index contributed by atoms with van der Waals surface area (Å²) in [5.41, 5.74) is 6.99. The van der Waals surface area contributed by atoms with Crippen LogP contribution in [0.15, 0.2) is 17.0 Å². The number of thiazole rings is 2. The molecule has 0 saturated heterocycles. The molecule has 1 unspecified atom stereocenters. The number of hydrogen-bond donors (Lipinski definition) is 1. The summed E-state index contributed by atoms with van der Waals surface area (Å²) >= 11 is 3.27. The van der Waals surface area contributed by atoms with Gasteiger partial charge in [-0.3, -0.25) is 0 Å². The van der Waals surface area contributed by atoms with Gasteiger partial charge in [-0.05, 0) is 6.92 Å². The Morgan fingerprint density at radius 2 is 2.36 bits per heavy atom. The number of rotatable bonds is 3. The maximum Gasteiger partial charge on any atom is 0.0944 e. The Kier molecular flexibility index (Phi) is 2.90. The van der Waals surface area contributed by atoms with E-state index in [9.17, 15) is 0 Å². The highest BCUT2D eigenvalue weighted by molar-refractivity contribution is 7.09. The topological polar surface area (TPSA) is 51.8 Å². The largest absolute Gasteiger partial charge is 0.322 e. The molecular formula is C9H11N3S2. The maximum absolute atomic E-state index is 6.01. The second-order valence-corrected chi connectivity index (χ2v) is 5.07. The number of aromatic nitrogens is 2. The third kappa shape index (κ3) is 2.17. The summed E-state index contributed by atoms with van der Waals surface area (Å²) in [7, 11) is 0. The third-order valence-electron chi connectivity index (χ3n) is 1.89. The first kappa shape index (κ1) is 9.76. The third-order valence-corrected chi connectivity index (χ3v) is 3.49. The first-order valence-corrected chi connectivity index (χ1v) is 6.07. The fourth-order valence-electron chi connectivity index (χ4n) is 1.20. The van der Waals surface area contributed by atoms with Crippen LogP contribution in [0.4, 0.5) is 0 Å². The van der Waals surface area contributed by atoms with Crippen LogP contribution in [0.2, 0.25) is 0 Å². The van der Waals surface area contributed by atoms with Crippen molar-refractivity contribution in [3.8, 4) is 0 Å². The molecular weight excluding hydrogens is 214 g/mol. The molecule has 3 nitrogen and oxygen atoms in total. The lowest BCUT2D eigenvalue weighted by Crippen LogP contribution is -2.13. The molecule has 2 N–H and O–H groups in total. The molecule has 0 aliphatic heterocycles. The van der Waals surface area contributed by atoms with Crippen molar-refractivity contribution in [2.24, 2.45) is 5.73 Å². The van der Waals surface area contributed by atoms with Gasteiger partial charge in [0.2, 0.25) is 0 Å². The van der Waals surface area contributed by atoms with Gasteiger partial charge in [-0.25, -0.2) is 9.97 Å². The SMILES string of the molecule is Cc1nc(C(N)Cc2nccs2)cs1. The Labute approximate surface area is 90.6 Å². The van der Waals surface area contributed by atoms with Crippen LogP contribution in [0.25, 0.3) is 0 Å². The van der Waals surface area contributed by atoms with Gasteiger partial charge in [0.25, 0.3) is 0 Å². The molecule has 2 heterocycles. The Morgan fingerprint density at radius 1 is 1.50 bits per heavy atom. The molecule has 0 fully saturated rings. The highest BCUT2D eigenvalue weighted by atomic mass is 32.1. The summed E-state index contributed by atoms with van der Waals surface area (Å²) in [6, 6.07) is -0.0221. The van der Waals surface area contributed by atoms with E-state index in [1.807, 2.05) is 17.7 Å². The molecule has 0 radical (unpaired) electrons. The Hall–Kier alpha value is -0.780. The fraction of sp³-hybridized carbons (Fsp3) is 0.333. The summed E-state index contributed by atoms with van der Waals surface area (Å²) < 4.78 is 0. The van der Waals surface area contributed by atoms with E-state index in [1.165, 1.54) is 0 Å². The minimum atomic E-state index is -0.0221. The van der Waals surface area contributed by atoms with Gasteiger partial charge in [-0.1, -0.05) is 0 Å². The lowest BCUT2D eigenvalue weighted by Gasteiger charge is -2.05. The van der Waals surface area contributed by atoms with Crippen molar-refractivity contribution in [3.63, 3.8) is 0 Å². The zero-order chi connectivity index (χ0) is 9.97. The van der Waals surface area contributed by atoms with E-state index in [0.29, 0.717) is 0 Å². The van der Waals surface area contributed by atoms with Crippen LogP contribution in [0.3, 0.4) is 0 Å². The summed E-state index contributed by atoms with van der Waals surface area (Å²) in [5.74, 6) is 0. The lowest BCUT2D eigenvalue weighted by molar-refractivity contribution is 0.697. The molecule has 5 heteroatoms. The quantitative estimate of drug-likeness (QED) is 0.870. The van der Waals surface area contributed by atoms with Crippen molar-refractivity contribution < 1.29 is 0 Å². The standard InChI is InChI=1S/C9H11N3S2/c1-6-12-8(5-14-6)7(10)4-9-11-2-3-13-9/h2-3,5,7H,4,10H2,1H3. The van der Waals surface area contributed by atoms with Gasteiger partial charge >= 0.3 is 0 Å². The van der Waals surface area contributed by atoms with Crippen LogP contribution in [-0.4, -0.2) is 9.97 Å². The summed E-state index contributed by atoms with van der Waals surface area (Å²) in [6.45, 7) is 1.99. The van der Waals surface area contributed by atoms with Crippen molar-refractivity contribution >= 4 is 22.7 Å². The smallest absolute Gasteiger partial charge is 0.0944 e. The van der Waals surface area contributed by atoms with Gasteiger partial charge in [0.1, 0.15) is 0 Å². The van der Waals surface area contributed by atoms with E-state index in [0.717, 1.165) is 22.1 Å². The second kappa shape index (κ2) is 4.16. The van der Waals surface area contributed by atoms with Gasteiger partial charge in [0.05, 0.1) is 21.8 Å². The second-order valence-electron chi connectivity index (χ2n) is 3.03. The molecule has 0 aliphatic carbocycles. The Morgan fingerprint density at radius 3 is 2.93 bits per heavy atom. The number of aryl methyl sites for hydroxylation is 1. The molecule has 0 aliphatic rings. The van der Waals surface area contributed by atoms with E-state index in [2.05, 4.69) is 9.97 Å². The van der Waals surface area contributed by atoms with Crippen molar-refractivity contribution in [1.82, 2.24) is 9.97 Å². The minimum absolute atomic E-state index is 0.0221. The van der Waals surface area contributed by atoms with Crippen molar-refractivity contribution in [1.29, 1.82) is 0 Å². The zero-order valence-corrected chi connectivity index (χ0v) is 9.44. The molecule has 0 aromatic carbocycles. The van der Waals surface area contributed by atoms with Gasteiger partial charge in [0, 0.05) is 23.4 Å². The van der Waals surface area contributed by atoms with Crippen LogP contribution in [0.5, 0.6) is 0 Å². The van der Waals surface area contributed by atoms with Crippen molar-refractivity contribution in [3.05, 3.63) is 32.7 Å². The first-order chi connectivity index (χ1) is 6.75. The molecule has 14 heavy (non-hydrogen) atoms. The molecule has 2 aromatic rings. The van der Waals surface area contributed by atoms with Crippen LogP contribution in [0, 0.1) is 6.92 Å². The van der Waals surface area contributed by atoms with Crippen molar-refractivity contribution in [2.75, 3.05) is 0 Å². The van der Waals surface area contributed by atoms with Crippen LogP contribution >= 0.6 is 22.7 Å². The average molecular weight is 225 g/mol. The molecule has 0 saturated carbocycles. The summed E-state index contributed by atoms with van der Waals surface area (Å²) in [4.78, 5) is 8.56. The molecule has 1 atom stereocenters. The normalized spacial score (nSPS) is 13.0. The predicted molar refractivity (Wildman–Crippen MR) is 59.6 cm³/mol. The van der Waals surface area contributed by atoms with E-state index >= 15 is 0 Å². The van der Waals surface area contributed by atoms with Crippen LogP contribution in [-0.2, 0) is 6.42 Å². The minimum Gasteiger partial charge on any atom is -0.322 e. The average Bonchev–Trinajstić information content (AvgIpc) is 2.75. The van der Waals surface area contributed by atoms with E-state index in [1.54, 1.807) is 28.9 Å². The highest BCUT2D eigenvalue weighted by Crippen LogP contribution is 2.19. The van der Waals surface area contributed by atoms with Gasteiger partial charge in [0.15, 0.2) is 0 Å². The predicted octanol–water partition coefficient (Wildman–Crippen LogP) is 2.15. The van der Waals surface area contributed by atoms with Crippen LogP contribution < -0.4 is 5.73 Å². The van der Waals surface area contributed by atoms with Crippen molar-refractivity contribution in [2.45, 2.75) is 19.4 Å². The fourth-order valence-corrected chi connectivity index (χ4v) is 2.55. The highest BCUT2D eigenvalue weighted by Gasteiger charge is 2.11. The molecule has 0 bridgehead atoms. The summed E-state index contributed by atoms with van der Waals surface area (Å²) in [5, 5.41) is 6.12. The molecule has 0 spiro atoms. The number of nitrogens with two attached hydrogens (primary N) is 1. The van der Waals surface area contributed by atoms with E-state index in [-0.39, 0.29) is 6.04 Å². The van der Waals surface area contributed by atoms with Crippen LogP contribution in [0.1, 0.15) is 21.8 Å².